The maximum Gasteiger partial charge on any atom is 0.0550 e. The van der Waals surface area contributed by atoms with Gasteiger partial charge in [0.15, 0.2) is 0 Å². The Labute approximate surface area is 118 Å². The Balaban J connectivity index is 2.83. The lowest BCUT2D eigenvalue weighted by Gasteiger charge is -2.31. The molecule has 2 nitrogen and oxygen atoms in total. The standard InChI is InChI=1S/C14H21ClO2S/c1-2-18-9-5-8-14(10-16,11-17)12-6-3-4-7-13(12)15/h3-4,6-7,16-17H,2,5,8-11H2,1H3. The van der Waals surface area contributed by atoms with Crippen LogP contribution in [0, 0.1) is 0 Å². The average molecular weight is 289 g/mol. The number of aliphatic hydroxyl groups excluding tert-OH is 2. The van der Waals surface area contributed by atoms with E-state index in [9.17, 15) is 10.2 Å². The number of hydrogen-bond acceptors (Lipinski definition) is 3. The summed E-state index contributed by atoms with van der Waals surface area (Å²) in [6.45, 7) is 1.97. The van der Waals surface area contributed by atoms with Gasteiger partial charge in [-0.05, 0) is 36.0 Å². The van der Waals surface area contributed by atoms with Crippen molar-refractivity contribution in [3.8, 4) is 0 Å². The van der Waals surface area contributed by atoms with E-state index in [1.54, 1.807) is 6.07 Å². The summed E-state index contributed by atoms with van der Waals surface area (Å²) < 4.78 is 0. The molecule has 0 amide bonds. The first-order chi connectivity index (χ1) is 8.70. The fraction of sp³-hybridized carbons (Fsp3) is 0.571. The predicted molar refractivity (Wildman–Crippen MR) is 79.5 cm³/mol. The molecular weight excluding hydrogens is 268 g/mol. The summed E-state index contributed by atoms with van der Waals surface area (Å²) >= 11 is 8.05. The van der Waals surface area contributed by atoms with E-state index in [-0.39, 0.29) is 13.2 Å². The van der Waals surface area contributed by atoms with Gasteiger partial charge in [0.1, 0.15) is 0 Å². The van der Waals surface area contributed by atoms with Crippen molar-refractivity contribution < 1.29 is 10.2 Å². The van der Waals surface area contributed by atoms with Crippen LogP contribution in [0.5, 0.6) is 0 Å². The first kappa shape index (κ1) is 15.8. The lowest BCUT2D eigenvalue weighted by molar-refractivity contribution is 0.109. The molecule has 1 aromatic rings. The topological polar surface area (TPSA) is 40.5 Å². The van der Waals surface area contributed by atoms with Crippen molar-refractivity contribution in [3.63, 3.8) is 0 Å². The second-order valence-corrected chi connectivity index (χ2v) is 6.18. The van der Waals surface area contributed by atoms with Gasteiger partial charge >= 0.3 is 0 Å². The molecular formula is C14H21ClO2S. The fourth-order valence-electron chi connectivity index (χ4n) is 2.06. The lowest BCUT2D eigenvalue weighted by Crippen LogP contribution is -2.35. The largest absolute Gasteiger partial charge is 0.395 e. The molecule has 4 heteroatoms. The molecule has 18 heavy (non-hydrogen) atoms. The van der Waals surface area contributed by atoms with Crippen molar-refractivity contribution in [1.82, 2.24) is 0 Å². The van der Waals surface area contributed by atoms with Gasteiger partial charge in [-0.1, -0.05) is 36.7 Å². The van der Waals surface area contributed by atoms with Crippen molar-refractivity contribution in [2.24, 2.45) is 0 Å². The summed E-state index contributed by atoms with van der Waals surface area (Å²) in [6, 6.07) is 7.44. The Hall–Kier alpha value is -0.220. The Kier molecular flexibility index (Phi) is 7.08. The van der Waals surface area contributed by atoms with Gasteiger partial charge < -0.3 is 10.2 Å². The van der Waals surface area contributed by atoms with Crippen LogP contribution in [-0.2, 0) is 5.41 Å². The van der Waals surface area contributed by atoms with E-state index in [0.29, 0.717) is 5.02 Å². The van der Waals surface area contributed by atoms with Crippen LogP contribution in [0.15, 0.2) is 24.3 Å². The summed E-state index contributed by atoms with van der Waals surface area (Å²) in [7, 11) is 0. The zero-order chi connectivity index (χ0) is 13.4. The van der Waals surface area contributed by atoms with Gasteiger partial charge in [-0.25, -0.2) is 0 Å². The molecule has 0 heterocycles. The summed E-state index contributed by atoms with van der Waals surface area (Å²) in [5, 5.41) is 20.0. The maximum absolute atomic E-state index is 9.69. The minimum Gasteiger partial charge on any atom is -0.395 e. The van der Waals surface area contributed by atoms with E-state index in [2.05, 4.69) is 6.92 Å². The Morgan fingerprint density at radius 2 is 1.89 bits per heavy atom. The third kappa shape index (κ3) is 3.89. The number of aliphatic hydroxyl groups is 2. The number of benzene rings is 1. The molecule has 0 radical (unpaired) electrons. The first-order valence-electron chi connectivity index (χ1n) is 6.24. The van der Waals surface area contributed by atoms with Crippen LogP contribution in [-0.4, -0.2) is 34.9 Å². The molecule has 0 aliphatic carbocycles. The van der Waals surface area contributed by atoms with E-state index in [1.807, 2.05) is 30.0 Å². The van der Waals surface area contributed by atoms with Crippen LogP contribution in [0.4, 0.5) is 0 Å². The smallest absolute Gasteiger partial charge is 0.0550 e. The van der Waals surface area contributed by atoms with Gasteiger partial charge in [0.2, 0.25) is 0 Å². The molecule has 0 spiro atoms. The molecule has 0 saturated heterocycles. The van der Waals surface area contributed by atoms with Gasteiger partial charge in [-0.3, -0.25) is 0 Å². The number of halogens is 1. The molecule has 0 bridgehead atoms. The SMILES string of the molecule is CCSCCCC(CO)(CO)c1ccccc1Cl. The Morgan fingerprint density at radius 3 is 2.44 bits per heavy atom. The normalized spacial score (nSPS) is 11.8. The van der Waals surface area contributed by atoms with Crippen LogP contribution in [0.3, 0.4) is 0 Å². The van der Waals surface area contributed by atoms with E-state index in [4.69, 9.17) is 11.6 Å². The van der Waals surface area contributed by atoms with Crippen molar-refractivity contribution in [1.29, 1.82) is 0 Å². The Morgan fingerprint density at radius 1 is 1.22 bits per heavy atom. The minimum atomic E-state index is -0.618. The third-order valence-electron chi connectivity index (χ3n) is 3.20. The maximum atomic E-state index is 9.69. The predicted octanol–water partition coefficient (Wildman–Crippen LogP) is 3.10. The molecule has 0 aliphatic rings. The molecule has 0 aromatic heterocycles. The quantitative estimate of drug-likeness (QED) is 0.722. The van der Waals surface area contributed by atoms with Crippen LogP contribution in [0.2, 0.25) is 5.02 Å². The molecule has 1 aromatic carbocycles. The summed E-state index contributed by atoms with van der Waals surface area (Å²) in [6.07, 6.45) is 1.71. The van der Waals surface area contributed by atoms with Crippen LogP contribution >= 0.6 is 23.4 Å². The van der Waals surface area contributed by atoms with Crippen molar-refractivity contribution in [2.45, 2.75) is 25.2 Å². The molecule has 0 unspecified atom stereocenters. The van der Waals surface area contributed by atoms with Gasteiger partial charge in [0.25, 0.3) is 0 Å². The van der Waals surface area contributed by atoms with E-state index in [1.165, 1.54) is 0 Å². The fourth-order valence-corrected chi connectivity index (χ4v) is 3.03. The molecule has 0 aliphatic heterocycles. The van der Waals surface area contributed by atoms with Crippen molar-refractivity contribution in [3.05, 3.63) is 34.9 Å². The van der Waals surface area contributed by atoms with E-state index >= 15 is 0 Å². The highest BCUT2D eigenvalue weighted by Gasteiger charge is 2.32. The van der Waals surface area contributed by atoms with Crippen LogP contribution in [0.25, 0.3) is 0 Å². The highest BCUT2D eigenvalue weighted by molar-refractivity contribution is 7.99. The van der Waals surface area contributed by atoms with E-state index < -0.39 is 5.41 Å². The molecule has 2 N–H and O–H groups in total. The zero-order valence-corrected chi connectivity index (χ0v) is 12.3. The first-order valence-corrected chi connectivity index (χ1v) is 7.78. The second-order valence-electron chi connectivity index (χ2n) is 4.38. The van der Waals surface area contributed by atoms with Gasteiger partial charge in [-0.2, -0.15) is 11.8 Å². The molecule has 102 valence electrons. The number of rotatable bonds is 8. The van der Waals surface area contributed by atoms with Crippen molar-refractivity contribution >= 4 is 23.4 Å². The van der Waals surface area contributed by atoms with Crippen LogP contribution < -0.4 is 0 Å². The number of hydrogen-bond donors (Lipinski definition) is 2. The van der Waals surface area contributed by atoms with Gasteiger partial charge in [0, 0.05) is 10.4 Å². The minimum absolute atomic E-state index is 0.0793. The van der Waals surface area contributed by atoms with E-state index in [0.717, 1.165) is 29.9 Å². The lowest BCUT2D eigenvalue weighted by atomic mass is 9.78. The Bertz CT molecular complexity index is 353. The molecule has 0 atom stereocenters. The highest BCUT2D eigenvalue weighted by atomic mass is 35.5. The van der Waals surface area contributed by atoms with Gasteiger partial charge in [-0.15, -0.1) is 0 Å². The highest BCUT2D eigenvalue weighted by Crippen LogP contribution is 2.34. The third-order valence-corrected chi connectivity index (χ3v) is 4.51. The summed E-state index contributed by atoms with van der Waals surface area (Å²) in [5.41, 5.74) is 0.227. The summed E-state index contributed by atoms with van der Waals surface area (Å²) in [4.78, 5) is 0. The molecule has 0 saturated carbocycles. The second kappa shape index (κ2) is 8.05. The monoisotopic (exact) mass is 288 g/mol. The van der Waals surface area contributed by atoms with Gasteiger partial charge in [0.05, 0.1) is 13.2 Å². The van der Waals surface area contributed by atoms with Crippen molar-refractivity contribution in [2.75, 3.05) is 24.7 Å². The molecule has 1 rings (SSSR count). The zero-order valence-electron chi connectivity index (χ0n) is 10.7. The summed E-state index contributed by atoms with van der Waals surface area (Å²) in [5.74, 6) is 2.14. The number of thioether (sulfide) groups is 1. The average Bonchev–Trinajstić information content (AvgIpc) is 2.41. The molecule has 0 fully saturated rings. The van der Waals surface area contributed by atoms with Crippen LogP contribution in [0.1, 0.15) is 25.3 Å².